The molecule has 0 unspecified atom stereocenters. The molecule has 1 aromatic heterocycles. The molecular weight excluding hydrogens is 176 g/mol. The Kier molecular flexibility index (Phi) is 2.40. The van der Waals surface area contributed by atoms with Crippen LogP contribution in [0.1, 0.15) is 0 Å². The molecule has 0 aliphatic rings. The summed E-state index contributed by atoms with van der Waals surface area (Å²) in [4.78, 5) is 8.03. The van der Waals surface area contributed by atoms with Gasteiger partial charge < -0.3 is 4.74 Å². The van der Waals surface area contributed by atoms with Gasteiger partial charge in [0, 0.05) is 18.0 Å². The molecule has 14 heavy (non-hydrogen) atoms. The first-order chi connectivity index (χ1) is 6.90. The van der Waals surface area contributed by atoms with Gasteiger partial charge in [0.1, 0.15) is 11.9 Å². The van der Waals surface area contributed by atoms with Crippen molar-refractivity contribution in [3.05, 3.63) is 42.9 Å². The Bertz CT molecular complexity index is 397. The van der Waals surface area contributed by atoms with Gasteiger partial charge in [-0.15, -0.1) is 0 Å². The molecule has 69 valence electrons. The van der Waals surface area contributed by atoms with E-state index in [4.69, 9.17) is 4.74 Å². The van der Waals surface area contributed by atoms with Crippen LogP contribution >= 0.6 is 0 Å². The summed E-state index contributed by atoms with van der Waals surface area (Å²) in [6, 6.07) is 7.63. The summed E-state index contributed by atoms with van der Waals surface area (Å²) in [5, 5.41) is 0. The van der Waals surface area contributed by atoms with Gasteiger partial charge >= 0.3 is 0 Å². The first-order valence-corrected chi connectivity index (χ1v) is 4.23. The Morgan fingerprint density at radius 3 is 2.50 bits per heavy atom. The van der Waals surface area contributed by atoms with Crippen LogP contribution in [0.5, 0.6) is 5.75 Å². The summed E-state index contributed by atoms with van der Waals surface area (Å²) in [6.07, 6.45) is 6.07. The van der Waals surface area contributed by atoms with Crippen molar-refractivity contribution in [2.24, 2.45) is 0 Å². The van der Waals surface area contributed by atoms with E-state index < -0.39 is 0 Å². The third-order valence-corrected chi connectivity index (χ3v) is 1.88. The highest BCUT2D eigenvalue weighted by Crippen LogP contribution is 2.18. The number of aromatic nitrogens is 2. The second kappa shape index (κ2) is 3.87. The fraction of sp³-hybridized carbons (Fsp3) is 0.0909. The van der Waals surface area contributed by atoms with Gasteiger partial charge in [-0.2, -0.15) is 0 Å². The van der Waals surface area contributed by atoms with Gasteiger partial charge in [0.05, 0.1) is 12.8 Å². The third-order valence-electron chi connectivity index (χ3n) is 1.88. The predicted molar refractivity (Wildman–Crippen MR) is 52.9 cm³/mol. The van der Waals surface area contributed by atoms with Crippen LogP contribution in [-0.2, 0) is 0 Å². The minimum atomic E-state index is 0.746. The maximum absolute atomic E-state index is 5.06. The third kappa shape index (κ3) is 1.71. The van der Waals surface area contributed by atoms with E-state index in [0.29, 0.717) is 0 Å². The highest BCUT2D eigenvalue weighted by molar-refractivity contribution is 5.58. The number of ether oxygens (including phenoxy) is 1. The molecule has 2 aromatic rings. The monoisotopic (exact) mass is 185 g/mol. The highest BCUT2D eigenvalue weighted by Gasteiger charge is 1.98. The van der Waals surface area contributed by atoms with Gasteiger partial charge in [-0.05, 0) is 24.3 Å². The lowest BCUT2D eigenvalue weighted by atomic mass is 10.1. The van der Waals surface area contributed by atoms with Crippen molar-refractivity contribution in [1.29, 1.82) is 0 Å². The van der Waals surface area contributed by atoms with Crippen molar-refractivity contribution in [2.45, 2.75) is 0 Å². The van der Waals surface area contributed by atoms with Gasteiger partial charge in [-0.1, -0.05) is 0 Å². The van der Waals surface area contributed by atoms with Crippen LogP contribution in [0.15, 0.2) is 36.7 Å². The average molecular weight is 185 g/mol. The van der Waals surface area contributed by atoms with Crippen LogP contribution in [0.2, 0.25) is 0 Å². The fourth-order valence-corrected chi connectivity index (χ4v) is 1.16. The van der Waals surface area contributed by atoms with Crippen molar-refractivity contribution in [1.82, 2.24) is 9.97 Å². The number of nitrogens with zero attached hydrogens (tertiary/aromatic N) is 2. The van der Waals surface area contributed by atoms with Crippen molar-refractivity contribution in [3.8, 4) is 17.0 Å². The topological polar surface area (TPSA) is 35.0 Å². The summed E-state index contributed by atoms with van der Waals surface area (Å²) in [6.45, 7) is 0. The SMILES string of the molecule is COc1ccc(-c2[c]nccn2)cc1. The molecule has 2 rings (SSSR count). The number of methoxy groups -OCH3 is 1. The zero-order chi connectivity index (χ0) is 9.80. The van der Waals surface area contributed by atoms with Crippen LogP contribution in [0.3, 0.4) is 0 Å². The molecule has 0 aliphatic carbocycles. The molecule has 0 fully saturated rings. The Balaban J connectivity index is 2.34. The fourth-order valence-electron chi connectivity index (χ4n) is 1.16. The number of hydrogen-bond donors (Lipinski definition) is 0. The average Bonchev–Trinajstić information content (AvgIpc) is 2.30. The van der Waals surface area contributed by atoms with Crippen molar-refractivity contribution in [3.63, 3.8) is 0 Å². The van der Waals surface area contributed by atoms with E-state index in [0.717, 1.165) is 17.0 Å². The van der Waals surface area contributed by atoms with Crippen LogP contribution in [0.4, 0.5) is 0 Å². The zero-order valence-electron chi connectivity index (χ0n) is 7.77. The van der Waals surface area contributed by atoms with E-state index in [1.165, 1.54) is 0 Å². The smallest absolute Gasteiger partial charge is 0.118 e. The molecule has 0 N–H and O–H groups in total. The maximum Gasteiger partial charge on any atom is 0.118 e. The lowest BCUT2D eigenvalue weighted by molar-refractivity contribution is 0.415. The second-order valence-corrected chi connectivity index (χ2v) is 2.75. The molecular formula is C11H9N2O. The van der Waals surface area contributed by atoms with Gasteiger partial charge in [0.25, 0.3) is 0 Å². The van der Waals surface area contributed by atoms with Gasteiger partial charge in [-0.3, -0.25) is 9.97 Å². The molecule has 0 amide bonds. The minimum Gasteiger partial charge on any atom is -0.497 e. The summed E-state index contributed by atoms with van der Waals surface area (Å²) in [7, 11) is 1.64. The summed E-state index contributed by atoms with van der Waals surface area (Å²) in [5.74, 6) is 0.831. The Morgan fingerprint density at radius 1 is 1.14 bits per heavy atom. The largest absolute Gasteiger partial charge is 0.497 e. The zero-order valence-corrected chi connectivity index (χ0v) is 7.77. The normalized spacial score (nSPS) is 9.79. The number of benzene rings is 1. The first-order valence-electron chi connectivity index (χ1n) is 4.23. The molecule has 0 bridgehead atoms. The molecule has 1 radical (unpaired) electrons. The minimum absolute atomic E-state index is 0.746. The Morgan fingerprint density at radius 2 is 1.93 bits per heavy atom. The van der Waals surface area contributed by atoms with Gasteiger partial charge in [0.2, 0.25) is 0 Å². The summed E-state index contributed by atoms with van der Waals surface area (Å²) >= 11 is 0. The van der Waals surface area contributed by atoms with Crippen LogP contribution < -0.4 is 4.74 Å². The lowest BCUT2D eigenvalue weighted by Gasteiger charge is -2.01. The molecule has 0 saturated carbocycles. The summed E-state index contributed by atoms with van der Waals surface area (Å²) < 4.78 is 5.06. The first kappa shape index (κ1) is 8.69. The standard InChI is InChI=1S/C11H9N2O/c1-14-10-4-2-9(3-5-10)11-8-12-6-7-13-11/h2-7H,1H3. The van der Waals surface area contributed by atoms with Crippen molar-refractivity contribution >= 4 is 0 Å². The molecule has 3 heteroatoms. The van der Waals surface area contributed by atoms with Crippen LogP contribution in [-0.4, -0.2) is 17.1 Å². The number of hydrogen-bond acceptors (Lipinski definition) is 3. The molecule has 0 atom stereocenters. The van der Waals surface area contributed by atoms with Crippen molar-refractivity contribution in [2.75, 3.05) is 7.11 Å². The lowest BCUT2D eigenvalue weighted by Crippen LogP contribution is -1.86. The van der Waals surface area contributed by atoms with Crippen molar-refractivity contribution < 1.29 is 4.74 Å². The molecule has 1 aromatic carbocycles. The molecule has 0 aliphatic heterocycles. The van der Waals surface area contributed by atoms with E-state index in [1.807, 2.05) is 24.3 Å². The molecule has 0 spiro atoms. The Hall–Kier alpha value is -1.90. The predicted octanol–water partition coefficient (Wildman–Crippen LogP) is 1.95. The van der Waals surface area contributed by atoms with E-state index in [2.05, 4.69) is 16.2 Å². The maximum atomic E-state index is 5.06. The van der Waals surface area contributed by atoms with E-state index in [9.17, 15) is 0 Å². The van der Waals surface area contributed by atoms with Gasteiger partial charge in [0.15, 0.2) is 0 Å². The van der Waals surface area contributed by atoms with E-state index >= 15 is 0 Å². The molecule has 0 saturated heterocycles. The second-order valence-electron chi connectivity index (χ2n) is 2.75. The summed E-state index contributed by atoms with van der Waals surface area (Å²) in [5.41, 5.74) is 1.73. The Labute approximate surface area is 82.4 Å². The van der Waals surface area contributed by atoms with E-state index in [-0.39, 0.29) is 0 Å². The quantitative estimate of drug-likeness (QED) is 0.717. The van der Waals surface area contributed by atoms with Crippen LogP contribution in [0.25, 0.3) is 11.3 Å². The van der Waals surface area contributed by atoms with Crippen LogP contribution in [0, 0.1) is 6.20 Å². The molecule has 3 nitrogen and oxygen atoms in total. The van der Waals surface area contributed by atoms with E-state index in [1.54, 1.807) is 19.5 Å². The number of rotatable bonds is 2. The molecule has 1 heterocycles. The van der Waals surface area contributed by atoms with Gasteiger partial charge in [-0.25, -0.2) is 0 Å². The highest BCUT2D eigenvalue weighted by atomic mass is 16.5.